The summed E-state index contributed by atoms with van der Waals surface area (Å²) in [5.41, 5.74) is 0.963. The number of carboxylic acid groups (broad SMARTS) is 1. The number of nitrogens with one attached hydrogen (secondary N) is 1. The van der Waals surface area contributed by atoms with E-state index in [1.54, 1.807) is 27.0 Å². The molecule has 2 atom stereocenters. The largest absolute Gasteiger partial charge is 0.481 e. The first-order valence-electron chi connectivity index (χ1n) is 6.60. The minimum atomic E-state index is -0.925. The van der Waals surface area contributed by atoms with Gasteiger partial charge in [-0.1, -0.05) is 35.8 Å². The highest BCUT2D eigenvalue weighted by Gasteiger charge is 2.65. The van der Waals surface area contributed by atoms with E-state index in [1.165, 1.54) is 0 Å². The molecule has 1 fully saturated rings. The summed E-state index contributed by atoms with van der Waals surface area (Å²) in [6.07, 6.45) is 0. The minimum absolute atomic E-state index is 0.261. The fourth-order valence-corrected chi connectivity index (χ4v) is 3.25. The Labute approximate surface area is 131 Å². The SMILES string of the molecule is COCc1c(Br)cccc1NC(=O)[C@H]1[C@@H](C(=O)O)C1(C)C. The molecule has 0 spiro atoms. The normalized spacial score (nSPS) is 22.7. The van der Waals surface area contributed by atoms with Crippen molar-refractivity contribution in [1.82, 2.24) is 0 Å². The molecule has 21 heavy (non-hydrogen) atoms. The highest BCUT2D eigenvalue weighted by atomic mass is 79.9. The van der Waals surface area contributed by atoms with E-state index in [9.17, 15) is 9.59 Å². The summed E-state index contributed by atoms with van der Waals surface area (Å²) in [5, 5.41) is 12.0. The number of anilines is 1. The van der Waals surface area contributed by atoms with E-state index in [4.69, 9.17) is 9.84 Å². The first-order chi connectivity index (χ1) is 9.80. The summed E-state index contributed by atoms with van der Waals surface area (Å²) in [7, 11) is 1.58. The van der Waals surface area contributed by atoms with Crippen molar-refractivity contribution < 1.29 is 19.4 Å². The highest BCUT2D eigenvalue weighted by molar-refractivity contribution is 9.10. The van der Waals surface area contributed by atoms with Crippen LogP contribution in [0, 0.1) is 17.3 Å². The second-order valence-corrected chi connectivity index (χ2v) is 6.66. The van der Waals surface area contributed by atoms with Gasteiger partial charge >= 0.3 is 5.97 Å². The summed E-state index contributed by atoms with van der Waals surface area (Å²) in [5.74, 6) is -2.32. The number of hydrogen-bond acceptors (Lipinski definition) is 3. The Morgan fingerprint density at radius 1 is 1.38 bits per heavy atom. The predicted molar refractivity (Wildman–Crippen MR) is 81.9 cm³/mol. The zero-order chi connectivity index (χ0) is 15.8. The molecule has 0 radical (unpaired) electrons. The number of halogens is 1. The summed E-state index contributed by atoms with van der Waals surface area (Å²) in [6, 6.07) is 5.46. The number of amides is 1. The number of methoxy groups -OCH3 is 1. The van der Waals surface area contributed by atoms with Crippen LogP contribution in [0.5, 0.6) is 0 Å². The maximum atomic E-state index is 12.3. The number of aliphatic carboxylic acids is 1. The van der Waals surface area contributed by atoms with Crippen LogP contribution in [0.2, 0.25) is 0 Å². The first-order valence-corrected chi connectivity index (χ1v) is 7.40. The van der Waals surface area contributed by atoms with Crippen LogP contribution in [0.15, 0.2) is 22.7 Å². The van der Waals surface area contributed by atoms with Gasteiger partial charge in [0.25, 0.3) is 0 Å². The average Bonchev–Trinajstić information content (AvgIpc) is 2.97. The van der Waals surface area contributed by atoms with Crippen molar-refractivity contribution >= 4 is 33.5 Å². The van der Waals surface area contributed by atoms with Crippen LogP contribution >= 0.6 is 15.9 Å². The smallest absolute Gasteiger partial charge is 0.307 e. The van der Waals surface area contributed by atoms with Crippen molar-refractivity contribution in [3.05, 3.63) is 28.2 Å². The Kier molecular flexibility index (Phi) is 4.39. The average molecular weight is 356 g/mol. The Bertz CT molecular complexity index is 585. The number of benzene rings is 1. The number of ether oxygens (including phenoxy) is 1. The second kappa shape index (κ2) is 5.77. The Balaban J connectivity index is 2.18. The highest BCUT2D eigenvalue weighted by Crippen LogP contribution is 2.58. The first kappa shape index (κ1) is 16.0. The quantitative estimate of drug-likeness (QED) is 0.851. The molecule has 1 aromatic rings. The van der Waals surface area contributed by atoms with E-state index in [1.807, 2.05) is 12.1 Å². The molecule has 0 aromatic heterocycles. The van der Waals surface area contributed by atoms with Crippen molar-refractivity contribution in [2.75, 3.05) is 12.4 Å². The van der Waals surface area contributed by atoms with E-state index in [0.717, 1.165) is 10.0 Å². The lowest BCUT2D eigenvalue weighted by atomic mass is 10.1. The van der Waals surface area contributed by atoms with Gasteiger partial charge in [-0.15, -0.1) is 0 Å². The molecule has 1 aliphatic rings. The molecule has 0 bridgehead atoms. The monoisotopic (exact) mass is 355 g/mol. The van der Waals surface area contributed by atoms with Gasteiger partial charge < -0.3 is 15.2 Å². The molecule has 0 heterocycles. The zero-order valence-corrected chi connectivity index (χ0v) is 13.7. The molecular formula is C15H18BrNO4. The standard InChI is InChI=1S/C15H18BrNO4/c1-15(2)11(12(15)14(19)20)13(18)17-10-6-4-5-9(16)8(10)7-21-3/h4-6,11-12H,7H2,1-3H3,(H,17,18)(H,19,20)/t11-,12+/m1/s1. The number of carbonyl (C=O) groups excluding carboxylic acids is 1. The van der Waals surface area contributed by atoms with Crippen molar-refractivity contribution in [3.8, 4) is 0 Å². The van der Waals surface area contributed by atoms with Crippen molar-refractivity contribution in [2.24, 2.45) is 17.3 Å². The lowest BCUT2D eigenvalue weighted by molar-refractivity contribution is -0.140. The van der Waals surface area contributed by atoms with Crippen molar-refractivity contribution in [1.29, 1.82) is 0 Å². The van der Waals surface area contributed by atoms with E-state index >= 15 is 0 Å². The summed E-state index contributed by atoms with van der Waals surface area (Å²) in [4.78, 5) is 23.5. The molecule has 114 valence electrons. The lowest BCUT2D eigenvalue weighted by Crippen LogP contribution is -2.19. The maximum Gasteiger partial charge on any atom is 0.307 e. The van der Waals surface area contributed by atoms with Crippen LogP contribution in [-0.2, 0) is 20.9 Å². The molecule has 2 rings (SSSR count). The number of rotatable bonds is 5. The molecule has 6 heteroatoms. The molecule has 1 saturated carbocycles. The predicted octanol–water partition coefficient (Wildman–Crippen LogP) is 2.89. The van der Waals surface area contributed by atoms with Crippen LogP contribution in [0.4, 0.5) is 5.69 Å². The van der Waals surface area contributed by atoms with Crippen LogP contribution in [0.3, 0.4) is 0 Å². The molecular weight excluding hydrogens is 338 g/mol. The molecule has 5 nitrogen and oxygen atoms in total. The molecule has 0 unspecified atom stereocenters. The van der Waals surface area contributed by atoms with Crippen molar-refractivity contribution in [2.45, 2.75) is 20.5 Å². The van der Waals surface area contributed by atoms with Gasteiger partial charge in [0.2, 0.25) is 5.91 Å². The van der Waals surface area contributed by atoms with Crippen LogP contribution in [0.25, 0.3) is 0 Å². The topological polar surface area (TPSA) is 75.6 Å². The maximum absolute atomic E-state index is 12.3. The molecule has 2 N–H and O–H groups in total. The summed E-state index contributed by atoms with van der Waals surface area (Å²) < 4.78 is 5.97. The van der Waals surface area contributed by atoms with Gasteiger partial charge in [0.05, 0.1) is 18.4 Å². The fraction of sp³-hybridized carbons (Fsp3) is 0.467. The van der Waals surface area contributed by atoms with Gasteiger partial charge in [0.15, 0.2) is 0 Å². The van der Waals surface area contributed by atoms with Gasteiger partial charge in [-0.2, -0.15) is 0 Å². The molecule has 0 aliphatic heterocycles. The van der Waals surface area contributed by atoms with Crippen molar-refractivity contribution in [3.63, 3.8) is 0 Å². The van der Waals surface area contributed by atoms with E-state index < -0.39 is 23.2 Å². The third-order valence-corrected chi connectivity index (χ3v) is 4.78. The van der Waals surface area contributed by atoms with Gasteiger partial charge in [-0.25, -0.2) is 0 Å². The fourth-order valence-electron chi connectivity index (χ4n) is 2.77. The zero-order valence-electron chi connectivity index (χ0n) is 12.1. The number of hydrogen-bond donors (Lipinski definition) is 2. The number of carboxylic acids is 1. The summed E-state index contributed by atoms with van der Waals surface area (Å²) >= 11 is 3.42. The third kappa shape index (κ3) is 2.96. The third-order valence-electron chi connectivity index (χ3n) is 4.04. The molecule has 0 saturated heterocycles. The molecule has 1 amide bonds. The van der Waals surface area contributed by atoms with E-state index in [0.29, 0.717) is 12.3 Å². The van der Waals surface area contributed by atoms with E-state index in [-0.39, 0.29) is 5.91 Å². The van der Waals surface area contributed by atoms with Gasteiger partial charge in [-0.3, -0.25) is 9.59 Å². The van der Waals surface area contributed by atoms with Crippen LogP contribution in [-0.4, -0.2) is 24.1 Å². The van der Waals surface area contributed by atoms with Crippen LogP contribution in [0.1, 0.15) is 19.4 Å². The van der Waals surface area contributed by atoms with E-state index in [2.05, 4.69) is 21.2 Å². The Morgan fingerprint density at radius 3 is 2.57 bits per heavy atom. The minimum Gasteiger partial charge on any atom is -0.481 e. The second-order valence-electron chi connectivity index (χ2n) is 5.80. The lowest BCUT2D eigenvalue weighted by Gasteiger charge is -2.12. The van der Waals surface area contributed by atoms with Crippen LogP contribution < -0.4 is 5.32 Å². The van der Waals surface area contributed by atoms with Gasteiger partial charge in [-0.05, 0) is 17.5 Å². The Hall–Kier alpha value is -1.40. The number of carbonyl (C=O) groups is 2. The van der Waals surface area contributed by atoms with Gasteiger partial charge in [0, 0.05) is 22.8 Å². The Morgan fingerprint density at radius 2 is 2.05 bits per heavy atom. The molecule has 1 aromatic carbocycles. The van der Waals surface area contributed by atoms with Gasteiger partial charge in [0.1, 0.15) is 0 Å². The summed E-state index contributed by atoms with van der Waals surface area (Å²) in [6.45, 7) is 3.95. The molecule has 1 aliphatic carbocycles.